The van der Waals surface area contributed by atoms with Crippen molar-refractivity contribution < 1.29 is 4.74 Å². The molecular weight excluding hydrogens is 272 g/mol. The van der Waals surface area contributed by atoms with Crippen LogP contribution in [0, 0.1) is 0 Å². The SMILES string of the molecule is CCCNC(CSc1ncn[nH]1)c1ccc(OC)cc1. The molecule has 0 aliphatic heterocycles. The van der Waals surface area contributed by atoms with E-state index < -0.39 is 0 Å². The van der Waals surface area contributed by atoms with Crippen molar-refractivity contribution in [2.24, 2.45) is 0 Å². The van der Waals surface area contributed by atoms with Gasteiger partial charge in [-0.3, -0.25) is 5.10 Å². The molecule has 2 N–H and O–H groups in total. The van der Waals surface area contributed by atoms with Crippen LogP contribution < -0.4 is 10.1 Å². The van der Waals surface area contributed by atoms with Crippen LogP contribution in [0.4, 0.5) is 0 Å². The van der Waals surface area contributed by atoms with Gasteiger partial charge in [0, 0.05) is 11.8 Å². The van der Waals surface area contributed by atoms with E-state index in [1.807, 2.05) is 12.1 Å². The third kappa shape index (κ3) is 4.25. The highest BCUT2D eigenvalue weighted by Crippen LogP contribution is 2.23. The van der Waals surface area contributed by atoms with Crippen LogP contribution in [0.1, 0.15) is 24.9 Å². The zero-order chi connectivity index (χ0) is 14.2. The molecule has 0 aliphatic carbocycles. The molecule has 6 heteroatoms. The van der Waals surface area contributed by atoms with E-state index in [0.29, 0.717) is 0 Å². The van der Waals surface area contributed by atoms with Crippen molar-refractivity contribution in [3.8, 4) is 5.75 Å². The molecule has 2 aromatic rings. The molecule has 0 saturated carbocycles. The van der Waals surface area contributed by atoms with E-state index in [9.17, 15) is 0 Å². The van der Waals surface area contributed by atoms with Gasteiger partial charge in [-0.1, -0.05) is 30.8 Å². The first-order chi connectivity index (χ1) is 9.83. The molecule has 1 aromatic carbocycles. The molecule has 0 spiro atoms. The number of nitrogens with zero attached hydrogens (tertiary/aromatic N) is 2. The van der Waals surface area contributed by atoms with E-state index in [-0.39, 0.29) is 6.04 Å². The Kier molecular flexibility index (Phi) is 5.88. The van der Waals surface area contributed by atoms with Crippen LogP contribution in [-0.4, -0.2) is 34.6 Å². The number of benzene rings is 1. The first-order valence-electron chi connectivity index (χ1n) is 6.69. The molecule has 1 atom stereocenters. The summed E-state index contributed by atoms with van der Waals surface area (Å²) in [6.45, 7) is 3.16. The first kappa shape index (κ1) is 14.9. The molecule has 0 amide bonds. The Bertz CT molecular complexity index is 486. The molecular formula is C14H20N4OS. The number of nitrogens with one attached hydrogen (secondary N) is 2. The van der Waals surface area contributed by atoms with Crippen LogP contribution in [0.5, 0.6) is 5.75 Å². The predicted molar refractivity (Wildman–Crippen MR) is 81.1 cm³/mol. The Morgan fingerprint density at radius 2 is 2.15 bits per heavy atom. The lowest BCUT2D eigenvalue weighted by molar-refractivity contribution is 0.414. The maximum Gasteiger partial charge on any atom is 0.183 e. The summed E-state index contributed by atoms with van der Waals surface area (Å²) in [7, 11) is 1.68. The molecule has 0 aliphatic rings. The molecule has 0 fully saturated rings. The van der Waals surface area contributed by atoms with Gasteiger partial charge in [-0.2, -0.15) is 5.10 Å². The van der Waals surface area contributed by atoms with E-state index in [0.717, 1.165) is 29.6 Å². The third-order valence-corrected chi connectivity index (χ3v) is 3.91. The lowest BCUT2D eigenvalue weighted by atomic mass is 10.1. The van der Waals surface area contributed by atoms with Crippen LogP contribution in [0.15, 0.2) is 35.7 Å². The largest absolute Gasteiger partial charge is 0.497 e. The second kappa shape index (κ2) is 7.91. The minimum Gasteiger partial charge on any atom is -0.497 e. The van der Waals surface area contributed by atoms with E-state index in [1.54, 1.807) is 18.9 Å². The molecule has 108 valence electrons. The van der Waals surface area contributed by atoms with Gasteiger partial charge in [-0.05, 0) is 30.7 Å². The molecule has 0 radical (unpaired) electrons. The Labute approximate surface area is 123 Å². The number of hydrogen-bond acceptors (Lipinski definition) is 5. The summed E-state index contributed by atoms with van der Waals surface area (Å²) in [5.41, 5.74) is 1.26. The fourth-order valence-corrected chi connectivity index (χ4v) is 2.73. The molecule has 0 bridgehead atoms. The minimum atomic E-state index is 0.288. The summed E-state index contributed by atoms with van der Waals surface area (Å²) in [5.74, 6) is 1.78. The fourth-order valence-electron chi connectivity index (χ4n) is 1.85. The minimum absolute atomic E-state index is 0.288. The third-order valence-electron chi connectivity index (χ3n) is 2.94. The van der Waals surface area contributed by atoms with Crippen LogP contribution in [0.2, 0.25) is 0 Å². The first-order valence-corrected chi connectivity index (χ1v) is 7.67. The van der Waals surface area contributed by atoms with Gasteiger partial charge < -0.3 is 10.1 Å². The average Bonchev–Trinajstić information content (AvgIpc) is 3.01. The highest BCUT2D eigenvalue weighted by atomic mass is 32.2. The van der Waals surface area contributed by atoms with Crippen molar-refractivity contribution in [3.05, 3.63) is 36.2 Å². The average molecular weight is 292 g/mol. The van der Waals surface area contributed by atoms with Gasteiger partial charge in [0.15, 0.2) is 5.16 Å². The van der Waals surface area contributed by atoms with E-state index in [2.05, 4.69) is 39.6 Å². The van der Waals surface area contributed by atoms with Crippen molar-refractivity contribution >= 4 is 11.8 Å². The highest BCUT2D eigenvalue weighted by Gasteiger charge is 2.12. The smallest absolute Gasteiger partial charge is 0.183 e. The Morgan fingerprint density at radius 1 is 1.35 bits per heavy atom. The van der Waals surface area contributed by atoms with Gasteiger partial charge in [0.2, 0.25) is 0 Å². The fraction of sp³-hybridized carbons (Fsp3) is 0.429. The van der Waals surface area contributed by atoms with Crippen LogP contribution >= 0.6 is 11.8 Å². The summed E-state index contributed by atoms with van der Waals surface area (Å²) in [5, 5.41) is 11.1. The maximum absolute atomic E-state index is 5.20. The standard InChI is InChI=1S/C14H20N4OS/c1-3-8-15-13(9-20-14-16-10-17-18-14)11-4-6-12(19-2)7-5-11/h4-7,10,13,15H,3,8-9H2,1-2H3,(H,16,17,18). The summed E-state index contributed by atoms with van der Waals surface area (Å²) >= 11 is 1.67. The number of rotatable bonds is 8. The van der Waals surface area contributed by atoms with Crippen LogP contribution in [0.3, 0.4) is 0 Å². The van der Waals surface area contributed by atoms with Crippen molar-refractivity contribution in [2.75, 3.05) is 19.4 Å². The number of thioether (sulfide) groups is 1. The number of H-pyrrole nitrogens is 1. The number of ether oxygens (including phenoxy) is 1. The zero-order valence-corrected chi connectivity index (χ0v) is 12.6. The van der Waals surface area contributed by atoms with E-state index >= 15 is 0 Å². The lowest BCUT2D eigenvalue weighted by Crippen LogP contribution is -2.24. The number of aromatic nitrogens is 3. The summed E-state index contributed by atoms with van der Waals surface area (Å²) < 4.78 is 5.20. The normalized spacial score (nSPS) is 12.3. The van der Waals surface area contributed by atoms with E-state index in [1.165, 1.54) is 11.9 Å². The monoisotopic (exact) mass is 292 g/mol. The van der Waals surface area contributed by atoms with Gasteiger partial charge in [0.25, 0.3) is 0 Å². The second-order valence-electron chi connectivity index (χ2n) is 4.38. The predicted octanol–water partition coefficient (Wildman–Crippen LogP) is 2.65. The van der Waals surface area contributed by atoms with Crippen molar-refractivity contribution in [1.29, 1.82) is 0 Å². The molecule has 20 heavy (non-hydrogen) atoms. The number of methoxy groups -OCH3 is 1. The molecule has 1 aromatic heterocycles. The second-order valence-corrected chi connectivity index (χ2v) is 5.39. The summed E-state index contributed by atoms with van der Waals surface area (Å²) in [6.07, 6.45) is 2.64. The highest BCUT2D eigenvalue weighted by molar-refractivity contribution is 7.99. The van der Waals surface area contributed by atoms with Gasteiger partial charge in [-0.25, -0.2) is 4.98 Å². The molecule has 5 nitrogen and oxygen atoms in total. The lowest BCUT2D eigenvalue weighted by Gasteiger charge is -2.18. The van der Waals surface area contributed by atoms with Gasteiger partial charge >= 0.3 is 0 Å². The van der Waals surface area contributed by atoms with Crippen molar-refractivity contribution in [2.45, 2.75) is 24.5 Å². The molecule has 0 saturated heterocycles. The zero-order valence-electron chi connectivity index (χ0n) is 11.8. The molecule has 2 rings (SSSR count). The number of aromatic amines is 1. The Morgan fingerprint density at radius 3 is 2.75 bits per heavy atom. The topological polar surface area (TPSA) is 62.8 Å². The molecule has 1 heterocycles. The quantitative estimate of drug-likeness (QED) is 0.732. The van der Waals surface area contributed by atoms with Gasteiger partial charge in [0.1, 0.15) is 12.1 Å². The Hall–Kier alpha value is -1.53. The van der Waals surface area contributed by atoms with Gasteiger partial charge in [0.05, 0.1) is 7.11 Å². The van der Waals surface area contributed by atoms with Crippen molar-refractivity contribution in [1.82, 2.24) is 20.5 Å². The van der Waals surface area contributed by atoms with Gasteiger partial charge in [-0.15, -0.1) is 0 Å². The summed E-state index contributed by atoms with van der Waals surface area (Å²) in [6, 6.07) is 8.49. The maximum atomic E-state index is 5.20. The Balaban J connectivity index is 2.01. The van der Waals surface area contributed by atoms with Crippen LogP contribution in [0.25, 0.3) is 0 Å². The van der Waals surface area contributed by atoms with Crippen LogP contribution in [-0.2, 0) is 0 Å². The molecule has 1 unspecified atom stereocenters. The van der Waals surface area contributed by atoms with Crippen molar-refractivity contribution in [3.63, 3.8) is 0 Å². The number of hydrogen-bond donors (Lipinski definition) is 2. The van der Waals surface area contributed by atoms with E-state index in [4.69, 9.17) is 4.74 Å². The summed E-state index contributed by atoms with van der Waals surface area (Å²) in [4.78, 5) is 4.14.